The number of thiazole rings is 1. The van der Waals surface area contributed by atoms with E-state index >= 15 is 0 Å². The molecule has 0 amide bonds. The third-order valence-electron chi connectivity index (χ3n) is 2.94. The fraction of sp³-hybridized carbons (Fsp3) is 0.636. The van der Waals surface area contributed by atoms with E-state index < -0.39 is 11.4 Å². The molecule has 0 bridgehead atoms. The van der Waals surface area contributed by atoms with Crippen molar-refractivity contribution in [3.05, 3.63) is 11.1 Å². The van der Waals surface area contributed by atoms with E-state index in [0.717, 1.165) is 18.2 Å². The van der Waals surface area contributed by atoms with Gasteiger partial charge >= 0.3 is 5.97 Å². The third-order valence-corrected chi connectivity index (χ3v) is 3.69. The van der Waals surface area contributed by atoms with E-state index in [0.29, 0.717) is 18.9 Å². The maximum Gasteiger partial charge on any atom is 0.315 e. The summed E-state index contributed by atoms with van der Waals surface area (Å²) in [4.78, 5) is 15.5. The number of rotatable bonds is 4. The maximum absolute atomic E-state index is 11.1. The van der Waals surface area contributed by atoms with Crippen molar-refractivity contribution in [3.8, 4) is 0 Å². The lowest BCUT2D eigenvalue weighted by Crippen LogP contribution is -2.40. The number of morpholine rings is 1. The summed E-state index contributed by atoms with van der Waals surface area (Å²) in [5.41, 5.74) is 2.80. The van der Waals surface area contributed by atoms with E-state index in [1.807, 2.05) is 5.01 Å². The number of carboxylic acid groups (broad SMARTS) is 1. The normalized spacial score (nSPS) is 17.7. The van der Waals surface area contributed by atoms with Crippen LogP contribution in [0.1, 0.15) is 19.5 Å². The molecule has 100 valence electrons. The van der Waals surface area contributed by atoms with E-state index in [1.54, 1.807) is 19.2 Å². The Morgan fingerprint density at radius 2 is 2.22 bits per heavy atom. The van der Waals surface area contributed by atoms with Gasteiger partial charge in [0.1, 0.15) is 5.41 Å². The number of hydrogen-bond donors (Lipinski definition) is 2. The lowest BCUT2D eigenvalue weighted by Gasteiger charge is -2.26. The molecule has 2 rings (SSSR count). The molecule has 2 heterocycles. The van der Waals surface area contributed by atoms with Crippen LogP contribution in [0.15, 0.2) is 5.38 Å². The van der Waals surface area contributed by atoms with Crippen LogP contribution in [0.25, 0.3) is 0 Å². The molecule has 0 atom stereocenters. The molecule has 1 aromatic rings. The Balaban J connectivity index is 2.03. The summed E-state index contributed by atoms with van der Waals surface area (Å²) in [6, 6.07) is 0. The van der Waals surface area contributed by atoms with Crippen molar-refractivity contribution in [3.63, 3.8) is 0 Å². The number of carboxylic acids is 1. The molecule has 0 spiro atoms. The Hall–Kier alpha value is -1.18. The molecule has 0 unspecified atom stereocenters. The lowest BCUT2D eigenvalue weighted by atomic mass is 9.91. The molecular weight excluding hydrogens is 254 g/mol. The molecule has 7 heteroatoms. The van der Waals surface area contributed by atoms with Crippen molar-refractivity contribution in [1.29, 1.82) is 0 Å². The number of aliphatic carboxylic acids is 1. The highest BCUT2D eigenvalue weighted by Gasteiger charge is 2.32. The van der Waals surface area contributed by atoms with Gasteiger partial charge in [-0.25, -0.2) is 9.99 Å². The van der Waals surface area contributed by atoms with Gasteiger partial charge in [0.05, 0.1) is 18.9 Å². The summed E-state index contributed by atoms with van der Waals surface area (Å²) in [5, 5.41) is 13.7. The van der Waals surface area contributed by atoms with E-state index in [4.69, 9.17) is 9.84 Å². The lowest BCUT2D eigenvalue weighted by molar-refractivity contribution is -0.142. The summed E-state index contributed by atoms with van der Waals surface area (Å²) >= 11 is 1.42. The second-order valence-electron chi connectivity index (χ2n) is 4.68. The van der Waals surface area contributed by atoms with E-state index in [2.05, 4.69) is 10.4 Å². The van der Waals surface area contributed by atoms with Crippen LogP contribution in [-0.4, -0.2) is 47.4 Å². The van der Waals surface area contributed by atoms with Crippen molar-refractivity contribution < 1.29 is 14.6 Å². The fourth-order valence-corrected chi connectivity index (χ4v) is 2.44. The highest BCUT2D eigenvalue weighted by Crippen LogP contribution is 2.27. The number of carbonyl (C=O) groups is 1. The van der Waals surface area contributed by atoms with Gasteiger partial charge in [-0.05, 0) is 13.8 Å². The predicted molar refractivity (Wildman–Crippen MR) is 68.8 cm³/mol. The molecule has 1 aromatic heterocycles. The quantitative estimate of drug-likeness (QED) is 0.856. The first kappa shape index (κ1) is 13.3. The van der Waals surface area contributed by atoms with Crippen LogP contribution in [0, 0.1) is 0 Å². The molecule has 0 radical (unpaired) electrons. The molecule has 0 aromatic carbocycles. The van der Waals surface area contributed by atoms with Crippen molar-refractivity contribution in [2.24, 2.45) is 0 Å². The Morgan fingerprint density at radius 1 is 1.56 bits per heavy atom. The Labute approximate surface area is 110 Å². The van der Waals surface area contributed by atoms with Gasteiger partial charge in [0, 0.05) is 18.5 Å². The van der Waals surface area contributed by atoms with Crippen molar-refractivity contribution in [2.75, 3.05) is 31.7 Å². The van der Waals surface area contributed by atoms with Gasteiger partial charge in [0.25, 0.3) is 0 Å². The number of nitrogens with one attached hydrogen (secondary N) is 1. The highest BCUT2D eigenvalue weighted by molar-refractivity contribution is 7.13. The first-order valence-electron chi connectivity index (χ1n) is 5.79. The second-order valence-corrected chi connectivity index (χ2v) is 5.54. The van der Waals surface area contributed by atoms with Gasteiger partial charge in [-0.15, -0.1) is 11.3 Å². The SMILES string of the molecule is CC(C)(C(=O)O)c1csc(NN2CCOCC2)n1. The van der Waals surface area contributed by atoms with Gasteiger partial charge in [0.15, 0.2) is 5.13 Å². The smallest absolute Gasteiger partial charge is 0.315 e. The van der Waals surface area contributed by atoms with Gasteiger partial charge in [-0.2, -0.15) is 0 Å². The minimum absolute atomic E-state index is 0.579. The van der Waals surface area contributed by atoms with Crippen LogP contribution < -0.4 is 5.43 Å². The second kappa shape index (κ2) is 5.21. The summed E-state index contributed by atoms with van der Waals surface area (Å²) in [6.07, 6.45) is 0. The number of ether oxygens (including phenoxy) is 1. The van der Waals surface area contributed by atoms with Crippen LogP contribution in [-0.2, 0) is 14.9 Å². The molecule has 18 heavy (non-hydrogen) atoms. The fourth-order valence-electron chi connectivity index (χ4n) is 1.53. The number of nitrogens with zero attached hydrogens (tertiary/aromatic N) is 2. The van der Waals surface area contributed by atoms with E-state index in [1.165, 1.54) is 11.3 Å². The standard InChI is InChI=1S/C11H17N3O3S/c1-11(2,9(15)16)8-7-18-10(12-8)13-14-3-5-17-6-4-14/h7H,3-6H2,1-2H3,(H,12,13)(H,15,16). The first-order chi connectivity index (χ1) is 8.50. The van der Waals surface area contributed by atoms with Gasteiger partial charge in [-0.1, -0.05) is 0 Å². The van der Waals surface area contributed by atoms with Crippen LogP contribution in [0.4, 0.5) is 5.13 Å². The van der Waals surface area contributed by atoms with Crippen LogP contribution in [0.2, 0.25) is 0 Å². The molecule has 1 aliphatic rings. The van der Waals surface area contributed by atoms with Gasteiger partial charge in [-0.3, -0.25) is 10.2 Å². The average Bonchev–Trinajstić information content (AvgIpc) is 2.79. The maximum atomic E-state index is 11.1. The average molecular weight is 271 g/mol. The summed E-state index contributed by atoms with van der Waals surface area (Å²) in [6.45, 7) is 6.32. The molecule has 2 N–H and O–H groups in total. The minimum atomic E-state index is -0.957. The summed E-state index contributed by atoms with van der Waals surface area (Å²) in [7, 11) is 0. The summed E-state index contributed by atoms with van der Waals surface area (Å²) < 4.78 is 5.25. The van der Waals surface area contributed by atoms with Crippen LogP contribution >= 0.6 is 11.3 Å². The zero-order chi connectivity index (χ0) is 13.2. The number of hydrazine groups is 1. The third kappa shape index (κ3) is 2.80. The molecule has 1 fully saturated rings. The predicted octanol–water partition coefficient (Wildman–Crippen LogP) is 1.16. The topological polar surface area (TPSA) is 74.7 Å². The Kier molecular flexibility index (Phi) is 3.84. The van der Waals surface area contributed by atoms with Gasteiger partial charge in [0.2, 0.25) is 0 Å². The van der Waals surface area contributed by atoms with Crippen LogP contribution in [0.3, 0.4) is 0 Å². The summed E-state index contributed by atoms with van der Waals surface area (Å²) in [5.74, 6) is -0.870. The largest absolute Gasteiger partial charge is 0.481 e. The molecule has 6 nitrogen and oxygen atoms in total. The molecule has 1 aliphatic heterocycles. The first-order valence-corrected chi connectivity index (χ1v) is 6.67. The number of anilines is 1. The molecular formula is C11H17N3O3S. The number of hydrogen-bond acceptors (Lipinski definition) is 6. The monoisotopic (exact) mass is 271 g/mol. The van der Waals surface area contributed by atoms with E-state index in [9.17, 15) is 4.79 Å². The molecule has 0 aliphatic carbocycles. The zero-order valence-electron chi connectivity index (χ0n) is 10.5. The van der Waals surface area contributed by atoms with Crippen molar-refractivity contribution >= 4 is 22.4 Å². The Bertz CT molecular complexity index is 427. The Morgan fingerprint density at radius 3 is 2.83 bits per heavy atom. The molecule has 1 saturated heterocycles. The minimum Gasteiger partial charge on any atom is -0.481 e. The number of aromatic nitrogens is 1. The van der Waals surface area contributed by atoms with Crippen molar-refractivity contribution in [1.82, 2.24) is 9.99 Å². The van der Waals surface area contributed by atoms with Crippen LogP contribution in [0.5, 0.6) is 0 Å². The zero-order valence-corrected chi connectivity index (χ0v) is 11.3. The van der Waals surface area contributed by atoms with Crippen molar-refractivity contribution in [2.45, 2.75) is 19.3 Å². The highest BCUT2D eigenvalue weighted by atomic mass is 32.1. The molecule has 0 saturated carbocycles. The van der Waals surface area contributed by atoms with E-state index in [-0.39, 0.29) is 0 Å². The van der Waals surface area contributed by atoms with Gasteiger partial charge < -0.3 is 9.84 Å².